The molecule has 2 amide bonds. The molecule has 3 aromatic carbocycles. The van der Waals surface area contributed by atoms with Crippen molar-refractivity contribution >= 4 is 33.2 Å². The number of nitrogens with one attached hydrogen (secondary N) is 1. The van der Waals surface area contributed by atoms with Gasteiger partial charge in [-0.25, -0.2) is 8.42 Å². The van der Waals surface area contributed by atoms with E-state index >= 15 is 0 Å². The Morgan fingerprint density at radius 1 is 0.886 bits per heavy atom. The number of hydrogen-bond donors (Lipinski definition) is 1. The number of carbonyl (C=O) groups is 2. The number of amides is 2. The Labute approximate surface area is 206 Å². The quantitative estimate of drug-likeness (QED) is 0.509. The number of likely N-dealkylation sites (tertiary alicyclic amines) is 1. The minimum atomic E-state index is -4.00. The van der Waals surface area contributed by atoms with Gasteiger partial charge in [0, 0.05) is 13.1 Å². The highest BCUT2D eigenvalue weighted by atomic mass is 32.2. The molecule has 1 aliphatic rings. The lowest BCUT2D eigenvalue weighted by molar-refractivity contribution is -0.114. The molecule has 1 heterocycles. The van der Waals surface area contributed by atoms with Crippen molar-refractivity contribution < 1.29 is 18.0 Å². The Morgan fingerprint density at radius 2 is 1.51 bits per heavy atom. The van der Waals surface area contributed by atoms with Crippen LogP contribution in [-0.2, 0) is 21.2 Å². The summed E-state index contributed by atoms with van der Waals surface area (Å²) in [6.45, 7) is 2.96. The predicted molar refractivity (Wildman–Crippen MR) is 137 cm³/mol. The second kappa shape index (κ2) is 10.7. The van der Waals surface area contributed by atoms with E-state index in [-0.39, 0.29) is 10.8 Å². The van der Waals surface area contributed by atoms with E-state index in [1.165, 1.54) is 12.1 Å². The molecule has 182 valence electrons. The first-order valence-corrected chi connectivity index (χ1v) is 13.2. The van der Waals surface area contributed by atoms with Crippen LogP contribution in [0.1, 0.15) is 35.7 Å². The summed E-state index contributed by atoms with van der Waals surface area (Å²) >= 11 is 0. The highest BCUT2D eigenvalue weighted by Crippen LogP contribution is 2.25. The number of aryl methyl sites for hydroxylation is 1. The van der Waals surface area contributed by atoms with Gasteiger partial charge in [-0.15, -0.1) is 0 Å². The zero-order chi connectivity index (χ0) is 24.8. The van der Waals surface area contributed by atoms with E-state index in [9.17, 15) is 18.0 Å². The monoisotopic (exact) mass is 491 g/mol. The summed E-state index contributed by atoms with van der Waals surface area (Å²) in [5, 5.41) is 2.77. The Morgan fingerprint density at radius 3 is 2.17 bits per heavy atom. The van der Waals surface area contributed by atoms with E-state index in [1.54, 1.807) is 59.5 Å². The van der Waals surface area contributed by atoms with Gasteiger partial charge in [0.05, 0.1) is 21.8 Å². The maximum Gasteiger partial charge on any atom is 0.264 e. The van der Waals surface area contributed by atoms with Gasteiger partial charge in [0.1, 0.15) is 6.54 Å². The topological polar surface area (TPSA) is 86.8 Å². The number of rotatable bonds is 8. The Balaban J connectivity index is 1.61. The van der Waals surface area contributed by atoms with Crippen LogP contribution in [0.15, 0.2) is 83.8 Å². The van der Waals surface area contributed by atoms with Gasteiger partial charge in [-0.3, -0.25) is 13.9 Å². The van der Waals surface area contributed by atoms with Gasteiger partial charge >= 0.3 is 0 Å². The van der Waals surface area contributed by atoms with E-state index < -0.39 is 22.5 Å². The van der Waals surface area contributed by atoms with Gasteiger partial charge < -0.3 is 10.2 Å². The summed E-state index contributed by atoms with van der Waals surface area (Å²) in [6, 6.07) is 22.0. The summed E-state index contributed by atoms with van der Waals surface area (Å²) < 4.78 is 28.1. The molecule has 0 spiro atoms. The summed E-state index contributed by atoms with van der Waals surface area (Å²) in [7, 11) is -4.00. The van der Waals surface area contributed by atoms with Gasteiger partial charge in [0.2, 0.25) is 5.91 Å². The lowest BCUT2D eigenvalue weighted by Gasteiger charge is -2.25. The molecule has 1 fully saturated rings. The molecule has 7 nitrogen and oxygen atoms in total. The second-order valence-corrected chi connectivity index (χ2v) is 10.3. The largest absolute Gasteiger partial charge is 0.339 e. The fourth-order valence-electron chi connectivity index (χ4n) is 4.12. The van der Waals surface area contributed by atoms with Crippen LogP contribution in [0.2, 0.25) is 0 Å². The zero-order valence-electron chi connectivity index (χ0n) is 19.7. The van der Waals surface area contributed by atoms with E-state index in [0.717, 1.165) is 29.1 Å². The van der Waals surface area contributed by atoms with Gasteiger partial charge in [0.25, 0.3) is 15.9 Å². The van der Waals surface area contributed by atoms with Gasteiger partial charge in [-0.05, 0) is 61.2 Å². The van der Waals surface area contributed by atoms with Crippen molar-refractivity contribution in [3.05, 3.63) is 90.0 Å². The van der Waals surface area contributed by atoms with Gasteiger partial charge in [-0.1, -0.05) is 49.4 Å². The van der Waals surface area contributed by atoms with E-state index in [4.69, 9.17) is 0 Å². The fourth-order valence-corrected chi connectivity index (χ4v) is 5.56. The molecule has 0 aliphatic carbocycles. The third-order valence-corrected chi connectivity index (χ3v) is 7.86. The molecule has 0 aromatic heterocycles. The number of anilines is 2. The Hall–Kier alpha value is -3.65. The SMILES string of the molecule is CCc1ccc(N(CC(=O)Nc2ccccc2C(=O)N2CCCC2)S(=O)(=O)c2ccccc2)cc1. The van der Waals surface area contributed by atoms with Crippen molar-refractivity contribution in [1.82, 2.24) is 4.90 Å². The van der Waals surface area contributed by atoms with Crippen molar-refractivity contribution in [2.75, 3.05) is 29.3 Å². The van der Waals surface area contributed by atoms with Crippen LogP contribution in [0, 0.1) is 0 Å². The molecular formula is C27H29N3O4S. The molecule has 0 bridgehead atoms. The van der Waals surface area contributed by atoms with Gasteiger partial charge in [0.15, 0.2) is 0 Å². The average molecular weight is 492 g/mol. The first-order valence-electron chi connectivity index (χ1n) is 11.7. The third-order valence-electron chi connectivity index (χ3n) is 6.08. The van der Waals surface area contributed by atoms with E-state index in [0.29, 0.717) is 30.0 Å². The van der Waals surface area contributed by atoms with Crippen LogP contribution in [0.3, 0.4) is 0 Å². The molecule has 0 atom stereocenters. The fraction of sp³-hybridized carbons (Fsp3) is 0.259. The number of sulfonamides is 1. The summed E-state index contributed by atoms with van der Waals surface area (Å²) in [5.41, 5.74) is 2.22. The van der Waals surface area contributed by atoms with Crippen LogP contribution in [-0.4, -0.2) is 44.8 Å². The average Bonchev–Trinajstić information content (AvgIpc) is 3.43. The number of hydrogen-bond acceptors (Lipinski definition) is 4. The first kappa shape index (κ1) is 24.5. The number of nitrogens with zero attached hydrogens (tertiary/aromatic N) is 2. The predicted octanol–water partition coefficient (Wildman–Crippen LogP) is 4.32. The lowest BCUT2D eigenvalue weighted by atomic mass is 10.1. The highest BCUT2D eigenvalue weighted by Gasteiger charge is 2.28. The molecule has 0 radical (unpaired) electrons. The molecule has 1 N–H and O–H groups in total. The third kappa shape index (κ3) is 5.54. The summed E-state index contributed by atoms with van der Waals surface area (Å²) in [6.07, 6.45) is 2.74. The van der Waals surface area contributed by atoms with Crippen LogP contribution in [0.4, 0.5) is 11.4 Å². The molecule has 3 aromatic rings. The Bertz CT molecular complexity index is 1290. The molecule has 1 aliphatic heterocycles. The van der Waals surface area contributed by atoms with Crippen molar-refractivity contribution in [3.8, 4) is 0 Å². The van der Waals surface area contributed by atoms with Crippen molar-refractivity contribution in [1.29, 1.82) is 0 Å². The van der Waals surface area contributed by atoms with Crippen molar-refractivity contribution in [3.63, 3.8) is 0 Å². The molecule has 35 heavy (non-hydrogen) atoms. The smallest absolute Gasteiger partial charge is 0.264 e. The second-order valence-electron chi connectivity index (χ2n) is 8.44. The maximum absolute atomic E-state index is 13.5. The molecular weight excluding hydrogens is 462 g/mol. The van der Waals surface area contributed by atoms with Crippen LogP contribution < -0.4 is 9.62 Å². The standard InChI is InChI=1S/C27H29N3O4S/c1-2-21-14-16-22(17-15-21)30(35(33,34)23-10-4-3-5-11-23)20-26(31)28-25-13-7-6-12-24(25)27(32)29-18-8-9-19-29/h3-7,10-17H,2,8-9,18-20H2,1H3,(H,28,31). The van der Waals surface area contributed by atoms with Gasteiger partial charge in [-0.2, -0.15) is 0 Å². The van der Waals surface area contributed by atoms with Crippen LogP contribution in [0.5, 0.6) is 0 Å². The zero-order valence-corrected chi connectivity index (χ0v) is 20.5. The lowest BCUT2D eigenvalue weighted by Crippen LogP contribution is -2.38. The summed E-state index contributed by atoms with van der Waals surface area (Å²) in [5.74, 6) is -0.673. The molecule has 4 rings (SSSR count). The van der Waals surface area contributed by atoms with Crippen LogP contribution in [0.25, 0.3) is 0 Å². The number of carbonyl (C=O) groups excluding carboxylic acids is 2. The van der Waals surface area contributed by atoms with Crippen molar-refractivity contribution in [2.24, 2.45) is 0 Å². The number of benzene rings is 3. The van der Waals surface area contributed by atoms with Crippen LogP contribution >= 0.6 is 0 Å². The first-order chi connectivity index (χ1) is 16.9. The summed E-state index contributed by atoms with van der Waals surface area (Å²) in [4.78, 5) is 28.0. The molecule has 0 saturated carbocycles. The minimum absolute atomic E-state index is 0.0944. The maximum atomic E-state index is 13.5. The van der Waals surface area contributed by atoms with E-state index in [2.05, 4.69) is 5.32 Å². The Kier molecular flexibility index (Phi) is 7.51. The number of para-hydroxylation sites is 1. The molecule has 8 heteroatoms. The molecule has 1 saturated heterocycles. The molecule has 0 unspecified atom stereocenters. The van der Waals surface area contributed by atoms with Crippen molar-refractivity contribution in [2.45, 2.75) is 31.1 Å². The minimum Gasteiger partial charge on any atom is -0.339 e. The highest BCUT2D eigenvalue weighted by molar-refractivity contribution is 7.92. The normalized spacial score (nSPS) is 13.5. The van der Waals surface area contributed by atoms with E-state index in [1.807, 2.05) is 19.1 Å².